The number of carbonyl (C=O) groups is 1. The van der Waals surface area contributed by atoms with Crippen LogP contribution in [0, 0.1) is 0 Å². The van der Waals surface area contributed by atoms with Gasteiger partial charge in [-0.25, -0.2) is 4.79 Å². The zero-order valence-electron chi connectivity index (χ0n) is 13.0. The summed E-state index contributed by atoms with van der Waals surface area (Å²) in [5, 5.41) is 0. The predicted octanol–water partition coefficient (Wildman–Crippen LogP) is 3.10. The Morgan fingerprint density at radius 2 is 1.75 bits per heavy atom. The van der Waals surface area contributed by atoms with Crippen LogP contribution in [-0.4, -0.2) is 15.3 Å². The van der Waals surface area contributed by atoms with Crippen molar-refractivity contribution in [1.29, 1.82) is 0 Å². The zero-order chi connectivity index (χ0) is 16.7. The van der Waals surface area contributed by atoms with Gasteiger partial charge >= 0.3 is 5.69 Å². The van der Waals surface area contributed by atoms with Gasteiger partial charge in [-0.3, -0.25) is 14.2 Å². The van der Waals surface area contributed by atoms with Crippen molar-refractivity contribution < 1.29 is 4.79 Å². The maximum atomic E-state index is 12.8. The summed E-state index contributed by atoms with van der Waals surface area (Å²) in [5.41, 5.74) is 0.968. The number of carbonyl (C=O) groups excluding carboxylic acids is 1. The first kappa shape index (κ1) is 15.1. The third-order valence-electron chi connectivity index (χ3n) is 4.54. The van der Waals surface area contributed by atoms with Crippen molar-refractivity contribution >= 4 is 27.3 Å². The molecule has 0 unspecified atom stereocenters. The summed E-state index contributed by atoms with van der Waals surface area (Å²) < 4.78 is 1.87. The molecule has 0 radical (unpaired) electrons. The van der Waals surface area contributed by atoms with Crippen LogP contribution < -0.4 is 11.2 Å². The highest BCUT2D eigenvalue weighted by molar-refractivity contribution is 7.22. The number of hydrogen-bond acceptors (Lipinski definition) is 4. The summed E-state index contributed by atoms with van der Waals surface area (Å²) in [6, 6.07) is 11.5. The van der Waals surface area contributed by atoms with Crippen molar-refractivity contribution in [3.05, 3.63) is 57.2 Å². The highest BCUT2D eigenvalue weighted by atomic mass is 32.1. The molecule has 0 aliphatic heterocycles. The second kappa shape index (κ2) is 5.87. The number of nitrogens with one attached hydrogen (secondary N) is 1. The maximum Gasteiger partial charge on any atom is 0.329 e. The molecule has 4 rings (SSSR count). The van der Waals surface area contributed by atoms with Gasteiger partial charge in [-0.2, -0.15) is 0 Å². The molecular formula is C18H16N2O3S. The molecule has 2 heterocycles. The molecule has 24 heavy (non-hydrogen) atoms. The van der Waals surface area contributed by atoms with Gasteiger partial charge in [0.25, 0.3) is 5.56 Å². The van der Waals surface area contributed by atoms with E-state index < -0.39 is 0 Å². The molecular weight excluding hydrogens is 324 g/mol. The van der Waals surface area contributed by atoms with E-state index in [2.05, 4.69) is 4.98 Å². The number of H-pyrrole nitrogens is 1. The van der Waals surface area contributed by atoms with Gasteiger partial charge in [-0.1, -0.05) is 30.3 Å². The van der Waals surface area contributed by atoms with E-state index in [0.717, 1.165) is 10.4 Å². The molecule has 1 saturated carbocycles. The topological polar surface area (TPSA) is 71.9 Å². The minimum Gasteiger partial charge on any atom is -0.306 e. The van der Waals surface area contributed by atoms with Crippen LogP contribution in [0.3, 0.4) is 0 Å². The molecule has 1 aromatic carbocycles. The van der Waals surface area contributed by atoms with Gasteiger partial charge in [0.15, 0.2) is 0 Å². The number of thiophene rings is 1. The Morgan fingerprint density at radius 3 is 2.46 bits per heavy atom. The Bertz CT molecular complexity index is 1020. The molecule has 2 aromatic heterocycles. The second-order valence-corrected chi connectivity index (χ2v) is 7.15. The molecule has 0 atom stereocenters. The molecule has 0 spiro atoms. The van der Waals surface area contributed by atoms with E-state index in [9.17, 15) is 14.4 Å². The van der Waals surface area contributed by atoms with E-state index in [0.29, 0.717) is 35.9 Å². The van der Waals surface area contributed by atoms with E-state index in [-0.39, 0.29) is 23.1 Å². The van der Waals surface area contributed by atoms with Crippen LogP contribution in [0.5, 0.6) is 0 Å². The van der Waals surface area contributed by atoms with Crippen molar-refractivity contribution in [2.45, 2.75) is 31.7 Å². The lowest BCUT2D eigenvalue weighted by atomic mass is 9.94. The molecule has 0 saturated heterocycles. The average Bonchev–Trinajstić information content (AvgIpc) is 3.02. The normalized spacial score (nSPS) is 15.9. The van der Waals surface area contributed by atoms with Crippen LogP contribution in [0.1, 0.15) is 31.7 Å². The molecule has 5 nitrogen and oxygen atoms in total. The summed E-state index contributed by atoms with van der Waals surface area (Å²) in [6.45, 7) is 0. The fourth-order valence-corrected chi connectivity index (χ4v) is 4.34. The molecule has 3 aromatic rings. The highest BCUT2D eigenvalue weighted by Crippen LogP contribution is 2.31. The predicted molar refractivity (Wildman–Crippen MR) is 94.7 cm³/mol. The maximum absolute atomic E-state index is 12.8. The van der Waals surface area contributed by atoms with Crippen LogP contribution >= 0.6 is 11.3 Å². The summed E-state index contributed by atoms with van der Waals surface area (Å²) in [6.07, 6.45) is 2.00. The Balaban J connectivity index is 1.84. The number of Topliss-reactive ketones (excluding diaryl/α,β-unsaturated/α-hetero) is 1. The van der Waals surface area contributed by atoms with Gasteiger partial charge in [0.2, 0.25) is 0 Å². The van der Waals surface area contributed by atoms with Crippen molar-refractivity contribution in [1.82, 2.24) is 9.55 Å². The summed E-state index contributed by atoms with van der Waals surface area (Å²) in [4.78, 5) is 40.4. The van der Waals surface area contributed by atoms with E-state index in [1.807, 2.05) is 36.4 Å². The standard InChI is InChI=1S/C18H16N2O3S/c21-13-8-6-12(7-9-13)20-17(22)16-14(19-18(20)23)10-15(24-16)11-4-2-1-3-5-11/h1-5,10,12H,6-9H2,(H,19,23). The number of hydrogen-bond donors (Lipinski definition) is 1. The molecule has 1 aliphatic rings. The second-order valence-electron chi connectivity index (χ2n) is 6.09. The number of rotatable bonds is 2. The fraction of sp³-hybridized carbons (Fsp3) is 0.278. The highest BCUT2D eigenvalue weighted by Gasteiger charge is 2.24. The first-order valence-electron chi connectivity index (χ1n) is 7.99. The van der Waals surface area contributed by atoms with Gasteiger partial charge in [-0.15, -0.1) is 11.3 Å². The van der Waals surface area contributed by atoms with Crippen LogP contribution in [0.25, 0.3) is 20.7 Å². The number of ketones is 1. The van der Waals surface area contributed by atoms with Crippen molar-refractivity contribution in [3.63, 3.8) is 0 Å². The molecule has 0 bridgehead atoms. The number of aromatic amines is 1. The summed E-state index contributed by atoms with van der Waals surface area (Å²) >= 11 is 1.39. The lowest BCUT2D eigenvalue weighted by Gasteiger charge is -2.22. The Kier molecular flexibility index (Phi) is 3.69. The molecule has 1 N–H and O–H groups in total. The molecule has 122 valence electrons. The van der Waals surface area contributed by atoms with Crippen molar-refractivity contribution in [2.24, 2.45) is 0 Å². The quantitative estimate of drug-likeness (QED) is 0.779. The number of aromatic nitrogens is 2. The minimum atomic E-state index is -0.385. The lowest BCUT2D eigenvalue weighted by molar-refractivity contribution is -0.120. The SMILES string of the molecule is O=C1CCC(n2c(=O)[nH]c3cc(-c4ccccc4)sc3c2=O)CC1. The van der Waals surface area contributed by atoms with Crippen LogP contribution in [0.2, 0.25) is 0 Å². The number of benzene rings is 1. The first-order chi connectivity index (χ1) is 11.6. The molecule has 1 fully saturated rings. The summed E-state index contributed by atoms with van der Waals surface area (Å²) in [7, 11) is 0. The van der Waals surface area contributed by atoms with E-state index >= 15 is 0 Å². The Hall–Kier alpha value is -2.47. The smallest absolute Gasteiger partial charge is 0.306 e. The minimum absolute atomic E-state index is 0.189. The van der Waals surface area contributed by atoms with Gasteiger partial charge in [0.1, 0.15) is 10.5 Å². The first-order valence-corrected chi connectivity index (χ1v) is 8.80. The van der Waals surface area contributed by atoms with Gasteiger partial charge in [0.05, 0.1) is 5.52 Å². The Labute approximate surface area is 141 Å². The van der Waals surface area contributed by atoms with E-state index in [1.54, 1.807) is 0 Å². The fourth-order valence-electron chi connectivity index (χ4n) is 3.28. The lowest BCUT2D eigenvalue weighted by Crippen LogP contribution is -2.39. The molecule has 6 heteroatoms. The summed E-state index contributed by atoms with van der Waals surface area (Å²) in [5.74, 6) is 0.208. The number of nitrogens with zero attached hydrogens (tertiary/aromatic N) is 1. The average molecular weight is 340 g/mol. The Morgan fingerprint density at radius 1 is 1.04 bits per heavy atom. The van der Waals surface area contributed by atoms with Crippen molar-refractivity contribution in [2.75, 3.05) is 0 Å². The van der Waals surface area contributed by atoms with Crippen LogP contribution in [-0.2, 0) is 4.79 Å². The van der Waals surface area contributed by atoms with Gasteiger partial charge in [-0.05, 0) is 24.5 Å². The van der Waals surface area contributed by atoms with Crippen LogP contribution in [0.15, 0.2) is 46.0 Å². The zero-order valence-corrected chi connectivity index (χ0v) is 13.8. The van der Waals surface area contributed by atoms with E-state index in [1.165, 1.54) is 15.9 Å². The van der Waals surface area contributed by atoms with Gasteiger partial charge < -0.3 is 4.98 Å². The third kappa shape index (κ3) is 2.53. The largest absolute Gasteiger partial charge is 0.329 e. The monoisotopic (exact) mass is 340 g/mol. The van der Waals surface area contributed by atoms with Gasteiger partial charge in [0, 0.05) is 23.8 Å². The molecule has 1 aliphatic carbocycles. The number of fused-ring (bicyclic) bond motifs is 1. The van der Waals surface area contributed by atoms with Crippen molar-refractivity contribution in [3.8, 4) is 10.4 Å². The van der Waals surface area contributed by atoms with Crippen LogP contribution in [0.4, 0.5) is 0 Å². The molecule has 0 amide bonds. The van der Waals surface area contributed by atoms with E-state index in [4.69, 9.17) is 0 Å². The third-order valence-corrected chi connectivity index (χ3v) is 5.71.